The summed E-state index contributed by atoms with van der Waals surface area (Å²) >= 11 is 3.29. The van der Waals surface area contributed by atoms with E-state index >= 15 is 0 Å². The molecule has 0 spiro atoms. The second-order valence-corrected chi connectivity index (χ2v) is 4.75. The number of carboxylic acid groups (broad SMARTS) is 1. The van der Waals surface area contributed by atoms with Crippen LogP contribution in [-0.4, -0.2) is 22.9 Å². The SMILES string of the molecule is O=C(O)[C@@H]1CS[C@@H](c2ccsc2)N1. The Morgan fingerprint density at radius 2 is 2.54 bits per heavy atom. The fourth-order valence-electron chi connectivity index (χ4n) is 1.23. The first-order valence-corrected chi connectivity index (χ1v) is 5.89. The number of thiophene rings is 1. The third-order valence-corrected chi connectivity index (χ3v) is 3.89. The Bertz CT molecular complexity index is 299. The first-order chi connectivity index (χ1) is 6.27. The van der Waals surface area contributed by atoms with Crippen LogP contribution in [-0.2, 0) is 4.79 Å². The summed E-state index contributed by atoms with van der Waals surface area (Å²) in [5.74, 6) is -0.110. The molecule has 0 bridgehead atoms. The van der Waals surface area contributed by atoms with Crippen molar-refractivity contribution in [1.29, 1.82) is 0 Å². The fourth-order valence-corrected chi connectivity index (χ4v) is 3.23. The van der Waals surface area contributed by atoms with Gasteiger partial charge >= 0.3 is 5.97 Å². The molecule has 3 nitrogen and oxygen atoms in total. The molecule has 2 heterocycles. The molecule has 2 rings (SSSR count). The van der Waals surface area contributed by atoms with Crippen LogP contribution in [0.3, 0.4) is 0 Å². The van der Waals surface area contributed by atoms with Crippen molar-refractivity contribution in [3.05, 3.63) is 22.4 Å². The van der Waals surface area contributed by atoms with Crippen molar-refractivity contribution in [3.63, 3.8) is 0 Å². The van der Waals surface area contributed by atoms with E-state index in [1.165, 1.54) is 5.56 Å². The zero-order valence-corrected chi connectivity index (χ0v) is 8.40. The molecule has 0 unspecified atom stereocenters. The lowest BCUT2D eigenvalue weighted by atomic mass is 10.3. The second-order valence-electron chi connectivity index (χ2n) is 2.83. The van der Waals surface area contributed by atoms with Crippen LogP contribution in [0, 0.1) is 0 Å². The summed E-state index contributed by atoms with van der Waals surface area (Å²) in [5.41, 5.74) is 1.18. The Balaban J connectivity index is 2.03. The molecule has 5 heteroatoms. The van der Waals surface area contributed by atoms with Crippen molar-refractivity contribution in [2.75, 3.05) is 5.75 Å². The summed E-state index contributed by atoms with van der Waals surface area (Å²) < 4.78 is 0. The molecule has 1 aromatic rings. The number of nitrogens with one attached hydrogen (secondary N) is 1. The molecule has 0 aromatic carbocycles. The van der Waals surface area contributed by atoms with Crippen LogP contribution < -0.4 is 5.32 Å². The van der Waals surface area contributed by atoms with Crippen LogP contribution in [0.2, 0.25) is 0 Å². The summed E-state index contributed by atoms with van der Waals surface area (Å²) in [6.07, 6.45) is 0. The van der Waals surface area contributed by atoms with Gasteiger partial charge in [-0.3, -0.25) is 10.1 Å². The Labute approximate surface area is 84.2 Å². The number of carbonyl (C=O) groups is 1. The molecule has 1 fully saturated rings. The first-order valence-electron chi connectivity index (χ1n) is 3.90. The maximum Gasteiger partial charge on any atom is 0.321 e. The number of carboxylic acids is 1. The topological polar surface area (TPSA) is 49.3 Å². The van der Waals surface area contributed by atoms with Gasteiger partial charge < -0.3 is 5.11 Å². The number of hydrogen-bond donors (Lipinski definition) is 2. The number of rotatable bonds is 2. The van der Waals surface area contributed by atoms with Crippen molar-refractivity contribution in [3.8, 4) is 0 Å². The molecule has 1 aliphatic heterocycles. The predicted octanol–water partition coefficient (Wildman–Crippen LogP) is 1.54. The van der Waals surface area contributed by atoms with E-state index in [4.69, 9.17) is 5.11 Å². The van der Waals surface area contributed by atoms with Crippen LogP contribution in [0.4, 0.5) is 0 Å². The minimum atomic E-state index is -0.759. The minimum Gasteiger partial charge on any atom is -0.480 e. The van der Waals surface area contributed by atoms with Gasteiger partial charge in [0.25, 0.3) is 0 Å². The average molecular weight is 215 g/mol. The summed E-state index contributed by atoms with van der Waals surface area (Å²) in [5, 5.41) is 16.0. The summed E-state index contributed by atoms with van der Waals surface area (Å²) in [4.78, 5) is 10.6. The Morgan fingerprint density at radius 1 is 1.69 bits per heavy atom. The van der Waals surface area contributed by atoms with Crippen LogP contribution >= 0.6 is 23.1 Å². The maximum atomic E-state index is 10.6. The van der Waals surface area contributed by atoms with Gasteiger partial charge in [0.05, 0.1) is 5.37 Å². The van der Waals surface area contributed by atoms with E-state index in [1.807, 2.05) is 11.4 Å². The van der Waals surface area contributed by atoms with Gasteiger partial charge in [-0.15, -0.1) is 11.8 Å². The molecule has 0 saturated carbocycles. The third kappa shape index (κ3) is 1.87. The van der Waals surface area contributed by atoms with Gasteiger partial charge in [-0.1, -0.05) is 0 Å². The van der Waals surface area contributed by atoms with Gasteiger partial charge in [0.2, 0.25) is 0 Å². The molecule has 0 amide bonds. The van der Waals surface area contributed by atoms with E-state index in [9.17, 15) is 4.79 Å². The van der Waals surface area contributed by atoms with Gasteiger partial charge in [-0.25, -0.2) is 0 Å². The van der Waals surface area contributed by atoms with E-state index in [2.05, 4.69) is 10.7 Å². The van der Waals surface area contributed by atoms with Crippen LogP contribution in [0.1, 0.15) is 10.9 Å². The van der Waals surface area contributed by atoms with Crippen LogP contribution in [0.25, 0.3) is 0 Å². The van der Waals surface area contributed by atoms with E-state index in [0.717, 1.165) is 0 Å². The molecule has 1 saturated heterocycles. The standard InChI is InChI=1S/C8H9NO2S2/c10-8(11)6-4-13-7(9-6)5-1-2-12-3-5/h1-3,6-7,9H,4H2,(H,10,11)/t6-,7-/m0/s1. The molecule has 1 aromatic heterocycles. The average Bonchev–Trinajstić information content (AvgIpc) is 2.75. The lowest BCUT2D eigenvalue weighted by Gasteiger charge is -2.08. The van der Waals surface area contributed by atoms with Crippen molar-refractivity contribution in [1.82, 2.24) is 5.32 Å². The highest BCUT2D eigenvalue weighted by molar-refractivity contribution is 7.99. The smallest absolute Gasteiger partial charge is 0.321 e. The fraction of sp³-hybridized carbons (Fsp3) is 0.375. The molecule has 1 aliphatic rings. The van der Waals surface area contributed by atoms with E-state index in [-0.39, 0.29) is 5.37 Å². The van der Waals surface area contributed by atoms with E-state index in [0.29, 0.717) is 5.75 Å². The molecule has 0 aliphatic carbocycles. The highest BCUT2D eigenvalue weighted by atomic mass is 32.2. The Hall–Kier alpha value is -0.520. The van der Waals surface area contributed by atoms with Gasteiger partial charge in [-0.05, 0) is 22.4 Å². The number of hydrogen-bond acceptors (Lipinski definition) is 4. The van der Waals surface area contributed by atoms with E-state index in [1.54, 1.807) is 23.1 Å². The highest BCUT2D eigenvalue weighted by Crippen LogP contribution is 2.33. The Kier molecular flexibility index (Phi) is 2.57. The van der Waals surface area contributed by atoms with Crippen molar-refractivity contribution >= 4 is 29.1 Å². The quantitative estimate of drug-likeness (QED) is 0.785. The Morgan fingerprint density at radius 3 is 3.08 bits per heavy atom. The normalized spacial score (nSPS) is 27.7. The van der Waals surface area contributed by atoms with E-state index < -0.39 is 12.0 Å². The van der Waals surface area contributed by atoms with Crippen molar-refractivity contribution in [2.45, 2.75) is 11.4 Å². The lowest BCUT2D eigenvalue weighted by molar-refractivity contribution is -0.138. The van der Waals surface area contributed by atoms with Gasteiger partial charge in [0, 0.05) is 5.75 Å². The highest BCUT2D eigenvalue weighted by Gasteiger charge is 2.30. The van der Waals surface area contributed by atoms with Crippen molar-refractivity contribution < 1.29 is 9.90 Å². The monoisotopic (exact) mass is 215 g/mol. The molecular formula is C8H9NO2S2. The molecular weight excluding hydrogens is 206 g/mol. The molecule has 13 heavy (non-hydrogen) atoms. The molecule has 0 radical (unpaired) electrons. The zero-order valence-electron chi connectivity index (χ0n) is 6.77. The third-order valence-electron chi connectivity index (χ3n) is 1.93. The molecule has 2 atom stereocenters. The van der Waals surface area contributed by atoms with Crippen molar-refractivity contribution in [2.24, 2.45) is 0 Å². The minimum absolute atomic E-state index is 0.160. The molecule has 70 valence electrons. The first kappa shape index (κ1) is 9.05. The second kappa shape index (κ2) is 3.69. The lowest BCUT2D eigenvalue weighted by Crippen LogP contribution is -2.33. The number of aliphatic carboxylic acids is 1. The zero-order chi connectivity index (χ0) is 9.26. The van der Waals surface area contributed by atoms with Gasteiger partial charge in [0.15, 0.2) is 0 Å². The number of thioether (sulfide) groups is 1. The molecule has 2 N–H and O–H groups in total. The summed E-state index contributed by atoms with van der Waals surface area (Å²) in [7, 11) is 0. The van der Waals surface area contributed by atoms with Crippen LogP contribution in [0.5, 0.6) is 0 Å². The van der Waals surface area contributed by atoms with Gasteiger partial charge in [0.1, 0.15) is 6.04 Å². The maximum absolute atomic E-state index is 10.6. The predicted molar refractivity (Wildman–Crippen MR) is 54.1 cm³/mol. The summed E-state index contributed by atoms with van der Waals surface area (Å²) in [6.45, 7) is 0. The summed E-state index contributed by atoms with van der Waals surface area (Å²) in [6, 6.07) is 1.63. The van der Waals surface area contributed by atoms with Crippen LogP contribution in [0.15, 0.2) is 16.8 Å². The van der Waals surface area contributed by atoms with Gasteiger partial charge in [-0.2, -0.15) is 11.3 Å². The largest absolute Gasteiger partial charge is 0.480 e.